The van der Waals surface area contributed by atoms with Gasteiger partial charge in [-0.1, -0.05) is 18.2 Å². The van der Waals surface area contributed by atoms with E-state index in [1.807, 2.05) is 36.4 Å². The molecule has 24 heavy (non-hydrogen) atoms. The Morgan fingerprint density at radius 2 is 1.67 bits per heavy atom. The fraction of sp³-hybridized carbons (Fsp3) is 0.176. The SMILES string of the molecule is COc1ccc(/C=N/NC(=S)Nc2ccccc2)c(OC)c1OC. The summed E-state index contributed by atoms with van der Waals surface area (Å²) in [7, 11) is 4.68. The number of hydrazone groups is 1. The van der Waals surface area contributed by atoms with E-state index in [2.05, 4.69) is 15.8 Å². The van der Waals surface area contributed by atoms with Crippen molar-refractivity contribution in [2.24, 2.45) is 5.10 Å². The fourth-order valence-corrected chi connectivity index (χ4v) is 2.24. The number of benzene rings is 2. The summed E-state index contributed by atoms with van der Waals surface area (Å²) in [5, 5.41) is 7.54. The van der Waals surface area contributed by atoms with E-state index in [0.29, 0.717) is 22.4 Å². The average molecular weight is 345 g/mol. The predicted octanol–water partition coefficient (Wildman–Crippen LogP) is 3.03. The molecule has 0 atom stereocenters. The van der Waals surface area contributed by atoms with Crippen LogP contribution in [0.2, 0.25) is 0 Å². The second-order valence-corrected chi connectivity index (χ2v) is 5.02. The lowest BCUT2D eigenvalue weighted by atomic mass is 10.2. The van der Waals surface area contributed by atoms with Crippen LogP contribution in [0.15, 0.2) is 47.6 Å². The maximum Gasteiger partial charge on any atom is 0.203 e. The van der Waals surface area contributed by atoms with Crippen LogP contribution in [0.1, 0.15) is 5.56 Å². The molecule has 2 N–H and O–H groups in total. The zero-order chi connectivity index (χ0) is 17.4. The lowest BCUT2D eigenvalue weighted by molar-refractivity contribution is 0.324. The Hall–Kier alpha value is -2.80. The van der Waals surface area contributed by atoms with Crippen molar-refractivity contribution in [3.05, 3.63) is 48.0 Å². The average Bonchev–Trinajstić information content (AvgIpc) is 2.61. The van der Waals surface area contributed by atoms with Crippen molar-refractivity contribution in [3.8, 4) is 17.2 Å². The number of thiocarbonyl (C=S) groups is 1. The number of para-hydroxylation sites is 1. The summed E-state index contributed by atoms with van der Waals surface area (Å²) in [6.45, 7) is 0. The number of hydrogen-bond acceptors (Lipinski definition) is 5. The highest BCUT2D eigenvalue weighted by Gasteiger charge is 2.14. The zero-order valence-electron chi connectivity index (χ0n) is 13.7. The summed E-state index contributed by atoms with van der Waals surface area (Å²) in [4.78, 5) is 0. The quantitative estimate of drug-likeness (QED) is 0.477. The molecule has 2 rings (SSSR count). The molecule has 0 spiro atoms. The van der Waals surface area contributed by atoms with E-state index < -0.39 is 0 Å². The van der Waals surface area contributed by atoms with Gasteiger partial charge in [-0.25, -0.2) is 0 Å². The summed E-state index contributed by atoms with van der Waals surface area (Å²) in [5.74, 6) is 1.62. The molecule has 0 bridgehead atoms. The summed E-state index contributed by atoms with van der Waals surface area (Å²) in [5.41, 5.74) is 4.37. The van der Waals surface area contributed by atoms with E-state index in [1.54, 1.807) is 33.6 Å². The summed E-state index contributed by atoms with van der Waals surface area (Å²) in [6, 6.07) is 13.2. The van der Waals surface area contributed by atoms with E-state index in [1.165, 1.54) is 0 Å². The first-order valence-electron chi connectivity index (χ1n) is 7.13. The third-order valence-corrected chi connectivity index (χ3v) is 3.33. The van der Waals surface area contributed by atoms with Gasteiger partial charge in [0, 0.05) is 11.3 Å². The van der Waals surface area contributed by atoms with Gasteiger partial charge in [-0.3, -0.25) is 5.43 Å². The molecule has 0 saturated carbocycles. The highest BCUT2D eigenvalue weighted by Crippen LogP contribution is 2.38. The molecule has 7 heteroatoms. The van der Waals surface area contributed by atoms with Crippen molar-refractivity contribution in [2.45, 2.75) is 0 Å². The van der Waals surface area contributed by atoms with Crippen LogP contribution in [0.3, 0.4) is 0 Å². The maximum absolute atomic E-state index is 5.39. The van der Waals surface area contributed by atoms with Gasteiger partial charge in [0.1, 0.15) is 0 Å². The number of anilines is 1. The molecule has 2 aromatic carbocycles. The maximum atomic E-state index is 5.39. The Bertz CT molecular complexity index is 721. The third kappa shape index (κ3) is 4.36. The zero-order valence-corrected chi connectivity index (χ0v) is 14.5. The first-order chi connectivity index (χ1) is 11.7. The van der Waals surface area contributed by atoms with Crippen LogP contribution in [-0.4, -0.2) is 32.7 Å². The molecule has 0 radical (unpaired) electrons. The molecule has 126 valence electrons. The highest BCUT2D eigenvalue weighted by molar-refractivity contribution is 7.80. The monoisotopic (exact) mass is 345 g/mol. The first kappa shape index (κ1) is 17.6. The molecule has 0 aromatic heterocycles. The van der Waals surface area contributed by atoms with Crippen LogP contribution >= 0.6 is 12.2 Å². The topological polar surface area (TPSA) is 64.1 Å². The Morgan fingerprint density at radius 1 is 0.958 bits per heavy atom. The van der Waals surface area contributed by atoms with Gasteiger partial charge in [-0.15, -0.1) is 0 Å². The molecule has 0 aliphatic carbocycles. The standard InChI is InChI=1S/C17H19N3O3S/c1-21-14-10-9-12(15(22-2)16(14)23-3)11-18-20-17(24)19-13-7-5-4-6-8-13/h4-11H,1-3H3,(H2,19,20,24)/b18-11+. The van der Waals surface area contributed by atoms with E-state index in [-0.39, 0.29) is 0 Å². The van der Waals surface area contributed by atoms with E-state index in [0.717, 1.165) is 11.3 Å². The number of nitrogens with one attached hydrogen (secondary N) is 2. The molecule has 0 heterocycles. The number of nitrogens with zero attached hydrogens (tertiary/aromatic N) is 1. The van der Waals surface area contributed by atoms with Crippen LogP contribution in [0.4, 0.5) is 5.69 Å². The minimum absolute atomic E-state index is 0.386. The smallest absolute Gasteiger partial charge is 0.203 e. The minimum Gasteiger partial charge on any atom is -0.493 e. The summed E-state index contributed by atoms with van der Waals surface area (Å²) < 4.78 is 16.0. The van der Waals surface area contributed by atoms with Crippen molar-refractivity contribution >= 4 is 29.2 Å². The van der Waals surface area contributed by atoms with E-state index in [9.17, 15) is 0 Å². The normalized spacial score (nSPS) is 10.3. The molecule has 0 aliphatic heterocycles. The highest BCUT2D eigenvalue weighted by atomic mass is 32.1. The molecule has 0 unspecified atom stereocenters. The molecule has 0 fully saturated rings. The van der Waals surface area contributed by atoms with Gasteiger partial charge >= 0.3 is 0 Å². The van der Waals surface area contributed by atoms with Gasteiger partial charge in [0.2, 0.25) is 5.75 Å². The number of hydrogen-bond donors (Lipinski definition) is 2. The number of ether oxygens (including phenoxy) is 3. The van der Waals surface area contributed by atoms with Crippen LogP contribution in [0.5, 0.6) is 17.2 Å². The Labute approximate surface area is 146 Å². The van der Waals surface area contributed by atoms with Crippen molar-refractivity contribution < 1.29 is 14.2 Å². The van der Waals surface area contributed by atoms with Crippen molar-refractivity contribution in [1.82, 2.24) is 5.43 Å². The Kier molecular flexibility index (Phi) is 6.39. The Morgan fingerprint density at radius 3 is 2.29 bits per heavy atom. The molecule has 6 nitrogen and oxygen atoms in total. The predicted molar refractivity (Wildman–Crippen MR) is 99.5 cm³/mol. The van der Waals surface area contributed by atoms with Crippen LogP contribution in [0.25, 0.3) is 0 Å². The van der Waals surface area contributed by atoms with Crippen LogP contribution < -0.4 is 25.0 Å². The lowest BCUT2D eigenvalue weighted by Crippen LogP contribution is -2.23. The lowest BCUT2D eigenvalue weighted by Gasteiger charge is -2.13. The minimum atomic E-state index is 0.386. The number of methoxy groups -OCH3 is 3. The molecule has 0 amide bonds. The molecule has 2 aromatic rings. The fourth-order valence-electron chi connectivity index (χ4n) is 2.07. The molecule has 0 saturated heterocycles. The van der Waals surface area contributed by atoms with Crippen LogP contribution in [0, 0.1) is 0 Å². The van der Waals surface area contributed by atoms with Gasteiger partial charge in [-0.2, -0.15) is 5.10 Å². The largest absolute Gasteiger partial charge is 0.493 e. The second kappa shape index (κ2) is 8.73. The molecular formula is C17H19N3O3S. The first-order valence-corrected chi connectivity index (χ1v) is 7.54. The van der Waals surface area contributed by atoms with Crippen molar-refractivity contribution in [3.63, 3.8) is 0 Å². The van der Waals surface area contributed by atoms with Crippen molar-refractivity contribution in [1.29, 1.82) is 0 Å². The second-order valence-electron chi connectivity index (χ2n) is 4.61. The van der Waals surface area contributed by atoms with Crippen LogP contribution in [-0.2, 0) is 0 Å². The van der Waals surface area contributed by atoms with Gasteiger partial charge in [-0.05, 0) is 36.5 Å². The summed E-state index contributed by atoms with van der Waals surface area (Å²) in [6.07, 6.45) is 1.60. The van der Waals surface area contributed by atoms with E-state index >= 15 is 0 Å². The van der Waals surface area contributed by atoms with Crippen molar-refractivity contribution in [2.75, 3.05) is 26.6 Å². The van der Waals surface area contributed by atoms with Gasteiger partial charge in [0.25, 0.3) is 0 Å². The summed E-state index contributed by atoms with van der Waals surface area (Å²) >= 11 is 5.19. The molecule has 0 aliphatic rings. The van der Waals surface area contributed by atoms with Gasteiger partial charge < -0.3 is 19.5 Å². The Balaban J connectivity index is 2.07. The van der Waals surface area contributed by atoms with Gasteiger partial charge in [0.05, 0.1) is 27.5 Å². The number of rotatable bonds is 6. The van der Waals surface area contributed by atoms with Gasteiger partial charge in [0.15, 0.2) is 16.6 Å². The third-order valence-electron chi connectivity index (χ3n) is 3.14. The molecular weight excluding hydrogens is 326 g/mol. The van der Waals surface area contributed by atoms with E-state index in [4.69, 9.17) is 26.4 Å².